The van der Waals surface area contributed by atoms with E-state index in [1.165, 1.54) is 22.7 Å². The van der Waals surface area contributed by atoms with Crippen LogP contribution in [0.5, 0.6) is 0 Å². The molecule has 0 saturated carbocycles. The Morgan fingerprint density at radius 1 is 1.23 bits per heavy atom. The third kappa shape index (κ3) is 3.44. The van der Waals surface area contributed by atoms with E-state index in [1.807, 2.05) is 42.5 Å². The molecule has 132 valence electrons. The highest BCUT2D eigenvalue weighted by molar-refractivity contribution is 7.98. The van der Waals surface area contributed by atoms with Gasteiger partial charge in [-0.25, -0.2) is 4.98 Å². The standard InChI is InChI=1S/C18H14ClN3OS3/c1-24-9-8-22-13-7-6-11(19)10-15(13)26-18(22)21-16(23)17-20-12-4-2-3-5-14(12)25-17/h2-7,10H,8-9H2,1H3. The second-order valence-electron chi connectivity index (χ2n) is 5.54. The Kier molecular flexibility index (Phi) is 5.13. The van der Waals surface area contributed by atoms with Crippen molar-refractivity contribution in [3.63, 3.8) is 0 Å². The average Bonchev–Trinajstić information content (AvgIpc) is 3.20. The summed E-state index contributed by atoms with van der Waals surface area (Å²) >= 11 is 10.7. The number of halogens is 1. The molecule has 0 radical (unpaired) electrons. The number of aryl methyl sites for hydroxylation is 1. The number of hydrogen-bond acceptors (Lipinski definition) is 5. The van der Waals surface area contributed by atoms with Crippen molar-refractivity contribution in [2.24, 2.45) is 4.99 Å². The Balaban J connectivity index is 1.81. The van der Waals surface area contributed by atoms with E-state index in [1.54, 1.807) is 11.8 Å². The van der Waals surface area contributed by atoms with Crippen LogP contribution in [0.3, 0.4) is 0 Å². The highest BCUT2D eigenvalue weighted by atomic mass is 35.5. The lowest BCUT2D eigenvalue weighted by atomic mass is 10.3. The Hall–Kier alpha value is -1.67. The molecule has 0 spiro atoms. The van der Waals surface area contributed by atoms with Gasteiger partial charge in [0.05, 0.1) is 20.4 Å². The topological polar surface area (TPSA) is 47.2 Å². The van der Waals surface area contributed by atoms with Crippen LogP contribution >= 0.6 is 46.0 Å². The summed E-state index contributed by atoms with van der Waals surface area (Å²) in [5.41, 5.74) is 1.87. The van der Waals surface area contributed by atoms with E-state index in [0.29, 0.717) is 14.8 Å². The first kappa shape index (κ1) is 17.7. The van der Waals surface area contributed by atoms with E-state index in [0.717, 1.165) is 32.7 Å². The Morgan fingerprint density at radius 2 is 2.08 bits per heavy atom. The molecule has 1 amide bonds. The molecule has 0 aliphatic rings. The highest BCUT2D eigenvalue weighted by Crippen LogP contribution is 2.24. The Morgan fingerprint density at radius 3 is 2.88 bits per heavy atom. The second-order valence-corrected chi connectivity index (χ2v) is 9.01. The number of aromatic nitrogens is 2. The first-order valence-corrected chi connectivity index (χ1v) is 11.3. The van der Waals surface area contributed by atoms with E-state index in [9.17, 15) is 4.79 Å². The molecule has 0 aliphatic heterocycles. The molecule has 2 aromatic carbocycles. The number of thiazole rings is 2. The van der Waals surface area contributed by atoms with Crippen molar-refractivity contribution in [1.82, 2.24) is 9.55 Å². The SMILES string of the molecule is CSCCn1c(=NC(=O)c2nc3ccccc3s2)sc2cc(Cl)ccc21. The summed E-state index contributed by atoms with van der Waals surface area (Å²) in [7, 11) is 0. The second kappa shape index (κ2) is 7.52. The van der Waals surface area contributed by atoms with E-state index in [-0.39, 0.29) is 5.91 Å². The summed E-state index contributed by atoms with van der Waals surface area (Å²) in [6.45, 7) is 0.786. The maximum atomic E-state index is 12.7. The van der Waals surface area contributed by atoms with Crippen molar-refractivity contribution in [2.45, 2.75) is 6.54 Å². The number of amides is 1. The van der Waals surface area contributed by atoms with Crippen molar-refractivity contribution in [3.8, 4) is 0 Å². The Bertz CT molecular complexity index is 1140. The number of para-hydroxylation sites is 1. The lowest BCUT2D eigenvalue weighted by molar-refractivity contribution is 0.0997. The van der Waals surface area contributed by atoms with Crippen molar-refractivity contribution < 1.29 is 4.79 Å². The fourth-order valence-electron chi connectivity index (χ4n) is 2.63. The number of carbonyl (C=O) groups excluding carboxylic acids is 1. The highest BCUT2D eigenvalue weighted by Gasteiger charge is 2.13. The number of hydrogen-bond donors (Lipinski definition) is 0. The number of nitrogens with zero attached hydrogens (tertiary/aromatic N) is 3. The van der Waals surface area contributed by atoms with Crippen LogP contribution in [0.4, 0.5) is 0 Å². The Labute approximate surface area is 167 Å². The van der Waals surface area contributed by atoms with Crippen molar-refractivity contribution in [1.29, 1.82) is 0 Å². The van der Waals surface area contributed by atoms with Gasteiger partial charge in [-0.2, -0.15) is 16.8 Å². The van der Waals surface area contributed by atoms with E-state index in [4.69, 9.17) is 11.6 Å². The molecule has 4 nitrogen and oxygen atoms in total. The third-order valence-corrected chi connectivity index (χ3v) is 6.73. The largest absolute Gasteiger partial charge is 0.316 e. The van der Waals surface area contributed by atoms with Crippen LogP contribution in [0.25, 0.3) is 20.4 Å². The van der Waals surface area contributed by atoms with Gasteiger partial charge in [0.1, 0.15) is 0 Å². The predicted molar refractivity (Wildman–Crippen MR) is 113 cm³/mol. The first-order chi connectivity index (χ1) is 12.7. The average molecular weight is 420 g/mol. The van der Waals surface area contributed by atoms with Crippen LogP contribution in [0.1, 0.15) is 9.80 Å². The zero-order chi connectivity index (χ0) is 18.1. The van der Waals surface area contributed by atoms with Crippen molar-refractivity contribution in [2.75, 3.05) is 12.0 Å². The molecule has 0 bridgehead atoms. The molecule has 4 aromatic rings. The fourth-order valence-corrected chi connectivity index (χ4v) is 5.18. The van der Waals surface area contributed by atoms with Crippen LogP contribution in [-0.2, 0) is 6.54 Å². The number of benzene rings is 2. The van der Waals surface area contributed by atoms with Crippen molar-refractivity contribution in [3.05, 3.63) is 57.3 Å². The number of carbonyl (C=O) groups is 1. The molecule has 0 N–H and O–H groups in total. The molecule has 8 heteroatoms. The summed E-state index contributed by atoms with van der Waals surface area (Å²) in [5, 5.41) is 1.10. The van der Waals surface area contributed by atoms with E-state index in [2.05, 4.69) is 20.8 Å². The molecule has 2 heterocycles. The quantitative estimate of drug-likeness (QED) is 0.464. The van der Waals surface area contributed by atoms with Crippen LogP contribution in [0.2, 0.25) is 5.02 Å². The molecule has 0 atom stereocenters. The molecule has 0 aliphatic carbocycles. The van der Waals surface area contributed by atoms with Crippen LogP contribution in [-0.4, -0.2) is 27.5 Å². The summed E-state index contributed by atoms with van der Waals surface area (Å²) in [5.74, 6) is 0.638. The first-order valence-electron chi connectivity index (χ1n) is 7.88. The molecular weight excluding hydrogens is 406 g/mol. The van der Waals surface area contributed by atoms with Crippen LogP contribution < -0.4 is 4.80 Å². The lowest BCUT2D eigenvalue weighted by Gasteiger charge is -2.03. The molecule has 2 aromatic heterocycles. The van der Waals surface area contributed by atoms with Gasteiger partial charge in [-0.15, -0.1) is 11.3 Å². The number of rotatable bonds is 4. The summed E-state index contributed by atoms with van der Waals surface area (Å²) in [6.07, 6.45) is 2.06. The van der Waals surface area contributed by atoms with Gasteiger partial charge in [0.2, 0.25) is 0 Å². The van der Waals surface area contributed by atoms with E-state index >= 15 is 0 Å². The monoisotopic (exact) mass is 419 g/mol. The maximum absolute atomic E-state index is 12.7. The van der Waals surface area contributed by atoms with Crippen LogP contribution in [0, 0.1) is 0 Å². The molecule has 0 fully saturated rings. The van der Waals surface area contributed by atoms with Gasteiger partial charge < -0.3 is 4.57 Å². The summed E-state index contributed by atoms with van der Waals surface area (Å²) < 4.78 is 4.09. The zero-order valence-corrected chi connectivity index (χ0v) is 17.0. The zero-order valence-electron chi connectivity index (χ0n) is 13.8. The van der Waals surface area contributed by atoms with Gasteiger partial charge in [0, 0.05) is 17.3 Å². The maximum Gasteiger partial charge on any atom is 0.308 e. The molecule has 26 heavy (non-hydrogen) atoms. The molecular formula is C18H14ClN3OS3. The van der Waals surface area contributed by atoms with Gasteiger partial charge in [-0.05, 0) is 36.6 Å². The normalized spacial score (nSPS) is 12.3. The van der Waals surface area contributed by atoms with Gasteiger partial charge in [-0.1, -0.05) is 35.1 Å². The summed E-state index contributed by atoms with van der Waals surface area (Å²) in [4.78, 5) is 22.2. The minimum atomic E-state index is -0.304. The predicted octanol–water partition coefficient (Wildman–Crippen LogP) is 5.07. The smallest absolute Gasteiger partial charge is 0.308 e. The number of thioether (sulfide) groups is 1. The fraction of sp³-hybridized carbons (Fsp3) is 0.167. The minimum Gasteiger partial charge on any atom is -0.316 e. The van der Waals surface area contributed by atoms with Gasteiger partial charge in [0.15, 0.2) is 9.81 Å². The third-order valence-electron chi connectivity index (χ3n) is 3.84. The summed E-state index contributed by atoms with van der Waals surface area (Å²) in [6, 6.07) is 13.5. The minimum absolute atomic E-state index is 0.304. The molecule has 0 saturated heterocycles. The van der Waals surface area contributed by atoms with Gasteiger partial charge >= 0.3 is 5.91 Å². The van der Waals surface area contributed by atoms with Gasteiger partial charge in [-0.3, -0.25) is 4.79 Å². The molecule has 4 rings (SSSR count). The molecule has 0 unspecified atom stereocenters. The number of fused-ring (bicyclic) bond motifs is 2. The van der Waals surface area contributed by atoms with Crippen LogP contribution in [0.15, 0.2) is 47.5 Å². The van der Waals surface area contributed by atoms with Crippen molar-refractivity contribution >= 4 is 72.4 Å². The van der Waals surface area contributed by atoms with E-state index < -0.39 is 0 Å². The van der Waals surface area contributed by atoms with Gasteiger partial charge in [0.25, 0.3) is 0 Å². The lowest BCUT2D eigenvalue weighted by Crippen LogP contribution is -2.18.